The molecule has 0 aromatic carbocycles. The number of fused-ring (bicyclic) bond motifs is 1. The van der Waals surface area contributed by atoms with Gasteiger partial charge in [-0.1, -0.05) is 6.07 Å². The molecule has 1 aliphatic carbocycles. The van der Waals surface area contributed by atoms with E-state index in [4.69, 9.17) is 5.11 Å². The summed E-state index contributed by atoms with van der Waals surface area (Å²) in [4.78, 5) is 26.5. The van der Waals surface area contributed by atoms with Gasteiger partial charge in [0, 0.05) is 23.4 Å². The summed E-state index contributed by atoms with van der Waals surface area (Å²) in [5, 5.41) is 14.9. The van der Waals surface area contributed by atoms with Gasteiger partial charge in [0.15, 0.2) is 5.69 Å². The average Bonchev–Trinajstić information content (AvgIpc) is 3.36. The molecule has 0 bridgehead atoms. The number of aliphatic carboxylic acids is 1. The summed E-state index contributed by atoms with van der Waals surface area (Å²) in [5.74, 6) is -1.07. The molecule has 2 aromatic rings. The molecule has 1 fully saturated rings. The summed E-state index contributed by atoms with van der Waals surface area (Å²) in [5.41, 5.74) is -0.205. The van der Waals surface area contributed by atoms with Gasteiger partial charge in [0.1, 0.15) is 0 Å². The minimum Gasteiger partial charge on any atom is -0.481 e. The second kappa shape index (κ2) is 8.64. The Bertz CT molecular complexity index is 947. The van der Waals surface area contributed by atoms with E-state index in [9.17, 15) is 22.8 Å². The molecule has 0 saturated heterocycles. The maximum absolute atomic E-state index is 13.5. The normalized spacial score (nSPS) is 21.7. The van der Waals surface area contributed by atoms with Crippen molar-refractivity contribution < 1.29 is 27.9 Å². The van der Waals surface area contributed by atoms with Gasteiger partial charge in [-0.3, -0.25) is 14.3 Å². The smallest absolute Gasteiger partial charge is 0.435 e. The second-order valence-corrected chi connectivity index (χ2v) is 9.37. The van der Waals surface area contributed by atoms with Crippen molar-refractivity contribution in [2.45, 2.75) is 57.8 Å². The number of amides is 1. The number of carboxylic acids is 1. The van der Waals surface area contributed by atoms with Crippen LogP contribution in [0.1, 0.15) is 53.9 Å². The minimum absolute atomic E-state index is 0.0816. The van der Waals surface area contributed by atoms with Crippen LogP contribution in [0.4, 0.5) is 13.2 Å². The number of aromatic nitrogens is 2. The quantitative estimate of drug-likeness (QED) is 0.734. The molecule has 0 atom stereocenters. The number of hydrogen-bond acceptors (Lipinski definition) is 4. The fourth-order valence-corrected chi connectivity index (χ4v) is 5.28. The molecule has 0 unspecified atom stereocenters. The maximum Gasteiger partial charge on any atom is 0.435 e. The number of hydrogen-bond donors (Lipinski definition) is 1. The highest BCUT2D eigenvalue weighted by Crippen LogP contribution is 2.36. The van der Waals surface area contributed by atoms with Crippen LogP contribution >= 0.6 is 11.3 Å². The third-order valence-electron chi connectivity index (χ3n) is 6.31. The van der Waals surface area contributed by atoms with E-state index in [1.165, 1.54) is 16.0 Å². The van der Waals surface area contributed by atoms with Crippen molar-refractivity contribution in [1.82, 2.24) is 14.7 Å². The number of halogens is 3. The van der Waals surface area contributed by atoms with E-state index in [0.717, 1.165) is 4.88 Å². The first-order chi connectivity index (χ1) is 14.7. The van der Waals surface area contributed by atoms with E-state index < -0.39 is 17.8 Å². The molecule has 0 radical (unpaired) electrons. The van der Waals surface area contributed by atoms with E-state index in [1.807, 2.05) is 17.5 Å². The first-order valence-corrected chi connectivity index (χ1v) is 11.3. The number of rotatable bonds is 5. The number of nitrogens with zero attached hydrogens (tertiary/aromatic N) is 3. The van der Waals surface area contributed by atoms with E-state index in [0.29, 0.717) is 37.8 Å². The Morgan fingerprint density at radius 2 is 1.97 bits per heavy atom. The average molecular weight is 456 g/mol. The molecule has 31 heavy (non-hydrogen) atoms. The first-order valence-electron chi connectivity index (χ1n) is 10.4. The van der Waals surface area contributed by atoms with Crippen molar-refractivity contribution >= 4 is 23.2 Å². The zero-order valence-electron chi connectivity index (χ0n) is 16.9. The van der Waals surface area contributed by atoms with E-state index in [2.05, 4.69) is 5.10 Å². The third-order valence-corrected chi connectivity index (χ3v) is 7.17. The SMILES string of the molecule is O=C(C[C@H]1CC[C@H](C(=O)O)CC1)N1CCc2c(C(F)(F)F)nn(Cc3cccs3)c2C1. The zero-order valence-corrected chi connectivity index (χ0v) is 17.7. The lowest BCUT2D eigenvalue weighted by Crippen LogP contribution is -2.38. The van der Waals surface area contributed by atoms with Crippen molar-refractivity contribution in [3.05, 3.63) is 39.3 Å². The third kappa shape index (κ3) is 4.78. The van der Waals surface area contributed by atoms with Gasteiger partial charge >= 0.3 is 12.1 Å². The van der Waals surface area contributed by atoms with Gasteiger partial charge in [-0.15, -0.1) is 11.3 Å². The molecule has 1 N–H and O–H groups in total. The van der Waals surface area contributed by atoms with Crippen LogP contribution in [0.5, 0.6) is 0 Å². The van der Waals surface area contributed by atoms with Crippen LogP contribution in [0.15, 0.2) is 17.5 Å². The van der Waals surface area contributed by atoms with Crippen molar-refractivity contribution in [1.29, 1.82) is 0 Å². The summed E-state index contributed by atoms with van der Waals surface area (Å²) in [7, 11) is 0. The summed E-state index contributed by atoms with van der Waals surface area (Å²) in [6, 6.07) is 3.70. The van der Waals surface area contributed by atoms with Crippen LogP contribution in [0.25, 0.3) is 0 Å². The van der Waals surface area contributed by atoms with Crippen LogP contribution in [-0.2, 0) is 35.3 Å². The Hall–Kier alpha value is -2.36. The highest BCUT2D eigenvalue weighted by Gasteiger charge is 2.41. The van der Waals surface area contributed by atoms with Crippen LogP contribution in [-0.4, -0.2) is 38.2 Å². The molecule has 168 valence electrons. The molecule has 1 aliphatic heterocycles. The van der Waals surface area contributed by atoms with Crippen LogP contribution in [0.3, 0.4) is 0 Å². The number of alkyl halides is 3. The Morgan fingerprint density at radius 1 is 1.23 bits per heavy atom. The molecule has 2 aromatic heterocycles. The predicted molar refractivity (Wildman–Crippen MR) is 107 cm³/mol. The molecule has 4 rings (SSSR count). The van der Waals surface area contributed by atoms with Crippen LogP contribution in [0.2, 0.25) is 0 Å². The van der Waals surface area contributed by atoms with Crippen molar-refractivity contribution in [3.8, 4) is 0 Å². The van der Waals surface area contributed by atoms with Crippen LogP contribution < -0.4 is 0 Å². The fourth-order valence-electron chi connectivity index (χ4n) is 4.59. The van der Waals surface area contributed by atoms with Gasteiger partial charge in [-0.05, 0) is 49.5 Å². The Labute approximate surface area is 181 Å². The number of carbonyl (C=O) groups is 2. The summed E-state index contributed by atoms with van der Waals surface area (Å²) in [6.45, 7) is 0.606. The van der Waals surface area contributed by atoms with Gasteiger partial charge in [-0.25, -0.2) is 0 Å². The van der Waals surface area contributed by atoms with E-state index >= 15 is 0 Å². The molecule has 3 heterocycles. The van der Waals surface area contributed by atoms with Crippen molar-refractivity contribution in [2.75, 3.05) is 6.54 Å². The van der Waals surface area contributed by atoms with E-state index in [1.54, 1.807) is 4.90 Å². The van der Waals surface area contributed by atoms with Gasteiger partial charge in [-0.2, -0.15) is 18.3 Å². The molecule has 0 spiro atoms. The fraction of sp³-hybridized carbons (Fsp3) is 0.571. The highest BCUT2D eigenvalue weighted by molar-refractivity contribution is 7.09. The molecule has 10 heteroatoms. The lowest BCUT2D eigenvalue weighted by Gasteiger charge is -2.31. The predicted octanol–water partition coefficient (Wildman–Crippen LogP) is 4.18. The Kier molecular flexibility index (Phi) is 6.09. The lowest BCUT2D eigenvalue weighted by molar-refractivity contribution is -0.143. The number of carboxylic acid groups (broad SMARTS) is 1. The summed E-state index contributed by atoms with van der Waals surface area (Å²) >= 11 is 1.45. The largest absolute Gasteiger partial charge is 0.481 e. The maximum atomic E-state index is 13.5. The second-order valence-electron chi connectivity index (χ2n) is 8.33. The molecule has 6 nitrogen and oxygen atoms in total. The standard InChI is InChI=1S/C21H24F3N3O3S/c22-21(23,24)19-16-7-8-26(12-17(16)27(25-19)11-15-2-1-9-31-15)18(28)10-13-3-5-14(6-4-13)20(29)30/h1-2,9,13-14H,3-8,10-12H2,(H,29,30)/t13-,14-. The summed E-state index contributed by atoms with van der Waals surface area (Å²) < 4.78 is 42.0. The Balaban J connectivity index is 1.47. The van der Waals surface area contributed by atoms with Gasteiger partial charge in [0.05, 0.1) is 24.7 Å². The van der Waals surface area contributed by atoms with Crippen LogP contribution in [0, 0.1) is 11.8 Å². The lowest BCUT2D eigenvalue weighted by atomic mass is 9.80. The zero-order chi connectivity index (χ0) is 22.2. The van der Waals surface area contributed by atoms with Gasteiger partial charge in [0.25, 0.3) is 0 Å². The summed E-state index contributed by atoms with van der Waals surface area (Å²) in [6.07, 6.45) is -1.56. The molecule has 1 saturated carbocycles. The first kappa shape index (κ1) is 21.9. The molecule has 2 aliphatic rings. The highest BCUT2D eigenvalue weighted by atomic mass is 32.1. The van der Waals surface area contributed by atoms with Gasteiger partial charge in [0.2, 0.25) is 5.91 Å². The topological polar surface area (TPSA) is 75.4 Å². The molecular formula is C21H24F3N3O3S. The number of thiophene rings is 1. The van der Waals surface area contributed by atoms with Crippen molar-refractivity contribution in [3.63, 3.8) is 0 Å². The Morgan fingerprint density at radius 3 is 2.58 bits per heavy atom. The number of carbonyl (C=O) groups excluding carboxylic acids is 1. The van der Waals surface area contributed by atoms with E-state index in [-0.39, 0.29) is 49.4 Å². The minimum atomic E-state index is -4.53. The monoisotopic (exact) mass is 455 g/mol. The molecule has 1 amide bonds. The molecular weight excluding hydrogens is 431 g/mol. The van der Waals surface area contributed by atoms with Crippen molar-refractivity contribution in [2.24, 2.45) is 11.8 Å². The van der Waals surface area contributed by atoms with Gasteiger partial charge < -0.3 is 10.0 Å².